The molecule has 0 spiro atoms. The smallest absolute Gasteiger partial charge is 0.272 e. The fourth-order valence-corrected chi connectivity index (χ4v) is 2.62. The third-order valence-electron chi connectivity index (χ3n) is 3.99. The molecule has 4 nitrogen and oxygen atoms in total. The number of hydrogen-bond donors (Lipinski definition) is 1. The summed E-state index contributed by atoms with van der Waals surface area (Å²) < 4.78 is 0. The predicted octanol–water partition coefficient (Wildman–Crippen LogP) is 3.24. The summed E-state index contributed by atoms with van der Waals surface area (Å²) in [6.07, 6.45) is 3.93. The normalized spacial score (nSPS) is 14.1. The van der Waals surface area contributed by atoms with Crippen molar-refractivity contribution in [2.24, 2.45) is 0 Å². The minimum Gasteiger partial charge on any atom is -0.380 e. The number of nitrogens with zero attached hydrogens (tertiary/aromatic N) is 2. The molecular weight excluding hydrogens is 274 g/mol. The molecule has 0 unspecified atom stereocenters. The van der Waals surface area contributed by atoms with Gasteiger partial charge in [-0.05, 0) is 37.5 Å². The molecule has 1 saturated heterocycles. The number of nitrogens with one attached hydrogen (secondary N) is 1. The van der Waals surface area contributed by atoms with Gasteiger partial charge in [-0.25, -0.2) is 4.98 Å². The minimum atomic E-state index is 0.0441. The maximum Gasteiger partial charge on any atom is 0.272 e. The minimum absolute atomic E-state index is 0.0441. The largest absolute Gasteiger partial charge is 0.380 e. The first-order valence-electron chi connectivity index (χ1n) is 7.77. The molecule has 0 bridgehead atoms. The van der Waals surface area contributed by atoms with Crippen LogP contribution in [0.15, 0.2) is 42.6 Å². The highest BCUT2D eigenvalue weighted by Gasteiger charge is 2.20. The lowest BCUT2D eigenvalue weighted by atomic mass is 10.1. The number of rotatable bonds is 4. The van der Waals surface area contributed by atoms with Crippen LogP contribution in [0.1, 0.15) is 34.5 Å². The number of likely N-dealkylation sites (tertiary alicyclic amines) is 1. The molecule has 0 atom stereocenters. The van der Waals surface area contributed by atoms with Crippen LogP contribution in [0.3, 0.4) is 0 Å². The van der Waals surface area contributed by atoms with Crippen molar-refractivity contribution < 1.29 is 4.79 Å². The van der Waals surface area contributed by atoms with Crippen LogP contribution < -0.4 is 5.32 Å². The summed E-state index contributed by atoms with van der Waals surface area (Å²) >= 11 is 0. The Labute approximate surface area is 131 Å². The molecule has 1 fully saturated rings. The van der Waals surface area contributed by atoms with Gasteiger partial charge in [0.2, 0.25) is 0 Å². The Morgan fingerprint density at radius 1 is 1.14 bits per heavy atom. The third-order valence-corrected chi connectivity index (χ3v) is 3.99. The van der Waals surface area contributed by atoms with Crippen LogP contribution >= 0.6 is 0 Å². The van der Waals surface area contributed by atoms with Gasteiger partial charge in [-0.3, -0.25) is 4.79 Å². The summed E-state index contributed by atoms with van der Waals surface area (Å²) in [5.74, 6) is 0.0441. The fourth-order valence-electron chi connectivity index (χ4n) is 2.62. The van der Waals surface area contributed by atoms with E-state index in [4.69, 9.17) is 0 Å². The highest BCUT2D eigenvalue weighted by atomic mass is 16.2. The molecule has 0 saturated carbocycles. The standard InChI is InChI=1S/C18H21N3O/c1-14-4-6-15(7-5-14)12-19-16-8-9-17(20-13-16)18(22)21-10-2-3-11-21/h4-9,13,19H,2-3,10-12H2,1H3. The Bertz CT molecular complexity index is 628. The topological polar surface area (TPSA) is 45.2 Å². The van der Waals surface area contributed by atoms with E-state index in [1.807, 2.05) is 11.0 Å². The Morgan fingerprint density at radius 2 is 1.86 bits per heavy atom. The Morgan fingerprint density at radius 3 is 2.50 bits per heavy atom. The molecule has 1 aromatic heterocycles. The first kappa shape index (κ1) is 14.6. The number of anilines is 1. The van der Waals surface area contributed by atoms with Crippen molar-refractivity contribution >= 4 is 11.6 Å². The molecule has 1 aliphatic heterocycles. The van der Waals surface area contributed by atoms with Crippen LogP contribution in [-0.2, 0) is 6.54 Å². The van der Waals surface area contributed by atoms with Crippen molar-refractivity contribution in [1.29, 1.82) is 0 Å². The predicted molar refractivity (Wildman–Crippen MR) is 87.9 cm³/mol. The molecule has 1 aromatic carbocycles. The lowest BCUT2D eigenvalue weighted by Crippen LogP contribution is -2.28. The zero-order chi connectivity index (χ0) is 15.4. The first-order chi connectivity index (χ1) is 10.7. The van der Waals surface area contributed by atoms with E-state index >= 15 is 0 Å². The SMILES string of the molecule is Cc1ccc(CNc2ccc(C(=O)N3CCCC3)nc2)cc1. The van der Waals surface area contributed by atoms with Crippen molar-refractivity contribution in [3.05, 3.63) is 59.4 Å². The van der Waals surface area contributed by atoms with Gasteiger partial charge in [0, 0.05) is 19.6 Å². The first-order valence-corrected chi connectivity index (χ1v) is 7.77. The Balaban J connectivity index is 1.59. The second-order valence-corrected chi connectivity index (χ2v) is 5.77. The van der Waals surface area contributed by atoms with Gasteiger partial charge in [0.1, 0.15) is 5.69 Å². The highest BCUT2D eigenvalue weighted by Crippen LogP contribution is 2.14. The molecule has 0 aliphatic carbocycles. The Hall–Kier alpha value is -2.36. The summed E-state index contributed by atoms with van der Waals surface area (Å²) in [6, 6.07) is 12.2. The maximum absolute atomic E-state index is 12.2. The van der Waals surface area contributed by atoms with E-state index < -0.39 is 0 Å². The van der Waals surface area contributed by atoms with E-state index in [9.17, 15) is 4.79 Å². The average molecular weight is 295 g/mol. The van der Waals surface area contributed by atoms with Gasteiger partial charge in [-0.15, -0.1) is 0 Å². The Kier molecular flexibility index (Phi) is 4.37. The summed E-state index contributed by atoms with van der Waals surface area (Å²) in [6.45, 7) is 4.54. The van der Waals surface area contributed by atoms with Gasteiger partial charge in [0.15, 0.2) is 0 Å². The number of aromatic nitrogens is 1. The number of carbonyl (C=O) groups excluding carboxylic acids is 1. The van der Waals surface area contributed by atoms with Crippen LogP contribution in [0, 0.1) is 6.92 Å². The second kappa shape index (κ2) is 6.60. The van der Waals surface area contributed by atoms with Gasteiger partial charge in [0.25, 0.3) is 5.91 Å². The van der Waals surface area contributed by atoms with Gasteiger partial charge in [0.05, 0.1) is 11.9 Å². The molecule has 2 heterocycles. The quantitative estimate of drug-likeness (QED) is 0.942. The van der Waals surface area contributed by atoms with Gasteiger partial charge in [-0.1, -0.05) is 29.8 Å². The number of carbonyl (C=O) groups is 1. The van der Waals surface area contributed by atoms with E-state index in [1.54, 1.807) is 12.3 Å². The van der Waals surface area contributed by atoms with Crippen LogP contribution in [0.4, 0.5) is 5.69 Å². The summed E-state index contributed by atoms with van der Waals surface area (Å²) in [5.41, 5.74) is 3.94. The van der Waals surface area contributed by atoms with Crippen LogP contribution in [0.5, 0.6) is 0 Å². The molecule has 4 heteroatoms. The molecule has 0 radical (unpaired) electrons. The molecule has 114 valence electrons. The summed E-state index contributed by atoms with van der Waals surface area (Å²) in [5, 5.41) is 3.33. The zero-order valence-corrected chi connectivity index (χ0v) is 12.9. The number of pyridine rings is 1. The van der Waals surface area contributed by atoms with E-state index in [0.717, 1.165) is 38.2 Å². The lowest BCUT2D eigenvalue weighted by molar-refractivity contribution is 0.0787. The van der Waals surface area contributed by atoms with E-state index in [1.165, 1.54) is 11.1 Å². The number of aryl methyl sites for hydroxylation is 1. The molecule has 1 aliphatic rings. The number of hydrogen-bond acceptors (Lipinski definition) is 3. The molecule has 3 rings (SSSR count). The molecule has 22 heavy (non-hydrogen) atoms. The molecule has 1 N–H and O–H groups in total. The maximum atomic E-state index is 12.2. The zero-order valence-electron chi connectivity index (χ0n) is 12.9. The molecule has 1 amide bonds. The second-order valence-electron chi connectivity index (χ2n) is 5.77. The van der Waals surface area contributed by atoms with Crippen molar-refractivity contribution in [3.63, 3.8) is 0 Å². The van der Waals surface area contributed by atoms with Crippen LogP contribution in [-0.4, -0.2) is 28.9 Å². The molecular formula is C18H21N3O. The summed E-state index contributed by atoms with van der Waals surface area (Å²) in [7, 11) is 0. The van der Waals surface area contributed by atoms with Crippen molar-refractivity contribution in [2.45, 2.75) is 26.3 Å². The van der Waals surface area contributed by atoms with Crippen molar-refractivity contribution in [1.82, 2.24) is 9.88 Å². The van der Waals surface area contributed by atoms with Gasteiger partial charge >= 0.3 is 0 Å². The van der Waals surface area contributed by atoms with Gasteiger partial charge in [-0.2, -0.15) is 0 Å². The van der Waals surface area contributed by atoms with E-state index in [-0.39, 0.29) is 5.91 Å². The number of amides is 1. The number of benzene rings is 1. The highest BCUT2D eigenvalue weighted by molar-refractivity contribution is 5.92. The van der Waals surface area contributed by atoms with Gasteiger partial charge < -0.3 is 10.2 Å². The van der Waals surface area contributed by atoms with Crippen LogP contribution in [0.25, 0.3) is 0 Å². The molecule has 2 aromatic rings. The lowest BCUT2D eigenvalue weighted by Gasteiger charge is -2.14. The third kappa shape index (κ3) is 3.45. The summed E-state index contributed by atoms with van der Waals surface area (Å²) in [4.78, 5) is 18.4. The van der Waals surface area contributed by atoms with E-state index in [0.29, 0.717) is 5.69 Å². The average Bonchev–Trinajstić information content (AvgIpc) is 3.09. The van der Waals surface area contributed by atoms with E-state index in [2.05, 4.69) is 41.5 Å². The fraction of sp³-hybridized carbons (Fsp3) is 0.333. The van der Waals surface area contributed by atoms with Crippen LogP contribution in [0.2, 0.25) is 0 Å². The van der Waals surface area contributed by atoms with Crippen molar-refractivity contribution in [2.75, 3.05) is 18.4 Å². The van der Waals surface area contributed by atoms with Crippen molar-refractivity contribution in [3.8, 4) is 0 Å². The monoisotopic (exact) mass is 295 g/mol.